The third kappa shape index (κ3) is 2.10. The molecular formula is C11H15IN5-. The van der Waals surface area contributed by atoms with Gasteiger partial charge in [-0.25, -0.2) is 0 Å². The first-order chi connectivity index (χ1) is 8.38. The van der Waals surface area contributed by atoms with Crippen molar-refractivity contribution in [2.75, 3.05) is 22.9 Å². The summed E-state index contributed by atoms with van der Waals surface area (Å²) in [6.45, 7) is 2.16. The summed E-state index contributed by atoms with van der Waals surface area (Å²) in [6, 6.07) is 0. The molecule has 0 atom stereocenters. The van der Waals surface area contributed by atoms with Crippen molar-refractivity contribution in [2.24, 2.45) is 0 Å². The molecular weight excluding hydrogens is 329 g/mol. The molecule has 0 saturated carbocycles. The average molecular weight is 344 g/mol. The zero-order valence-electron chi connectivity index (χ0n) is 9.78. The van der Waals surface area contributed by atoms with E-state index in [0.717, 1.165) is 30.2 Å². The van der Waals surface area contributed by atoms with Crippen LogP contribution in [0.15, 0.2) is 6.33 Å². The minimum absolute atomic E-state index is 0.0551. The Morgan fingerprint density at radius 3 is 2.82 bits per heavy atom. The molecule has 5 nitrogen and oxygen atoms in total. The van der Waals surface area contributed by atoms with Gasteiger partial charge in [-0.1, -0.05) is 0 Å². The van der Waals surface area contributed by atoms with Crippen LogP contribution >= 0.6 is 0 Å². The Balaban J connectivity index is 2.03. The molecule has 0 bridgehead atoms. The summed E-state index contributed by atoms with van der Waals surface area (Å²) < 4.78 is 1.17. The van der Waals surface area contributed by atoms with Gasteiger partial charge in [-0.15, -0.1) is 0 Å². The van der Waals surface area contributed by atoms with Gasteiger partial charge in [-0.05, 0) is 0 Å². The van der Waals surface area contributed by atoms with Crippen molar-refractivity contribution in [3.63, 3.8) is 0 Å². The van der Waals surface area contributed by atoms with Crippen LogP contribution in [-0.2, 0) is 0 Å². The van der Waals surface area contributed by atoms with Gasteiger partial charge in [0, 0.05) is 0 Å². The molecule has 0 aromatic carbocycles. The Bertz CT molecular complexity index is 518. The first-order valence-corrected chi connectivity index (χ1v) is 9.07. The molecule has 0 spiro atoms. The molecule has 1 N–H and O–H groups in total. The van der Waals surface area contributed by atoms with Crippen molar-refractivity contribution in [3.05, 3.63) is 10.0 Å². The molecule has 1 aliphatic rings. The van der Waals surface area contributed by atoms with Gasteiger partial charge in [0.15, 0.2) is 0 Å². The van der Waals surface area contributed by atoms with Crippen molar-refractivity contribution in [1.82, 2.24) is 19.9 Å². The summed E-state index contributed by atoms with van der Waals surface area (Å²) in [5.74, 6) is 0.876. The van der Waals surface area contributed by atoms with Crippen LogP contribution < -0.4 is 26.1 Å². The van der Waals surface area contributed by atoms with Crippen LogP contribution in [0.2, 0.25) is 0 Å². The number of aromatic nitrogens is 4. The van der Waals surface area contributed by atoms with E-state index in [1.807, 2.05) is 0 Å². The van der Waals surface area contributed by atoms with Gasteiger partial charge in [-0.2, -0.15) is 0 Å². The minimum atomic E-state index is -0.0551. The normalized spacial score (nSPS) is 16.9. The number of anilines is 1. The van der Waals surface area contributed by atoms with Gasteiger partial charge in [0.2, 0.25) is 0 Å². The number of hydrogen-bond donors (Lipinski definition) is 1. The van der Waals surface area contributed by atoms with Crippen LogP contribution in [0.3, 0.4) is 0 Å². The van der Waals surface area contributed by atoms with E-state index in [0.29, 0.717) is 0 Å². The molecule has 2 aromatic heterocycles. The fourth-order valence-electron chi connectivity index (χ4n) is 2.16. The molecule has 17 heavy (non-hydrogen) atoms. The summed E-state index contributed by atoms with van der Waals surface area (Å²) in [4.78, 5) is 21.2. The van der Waals surface area contributed by atoms with E-state index in [1.165, 1.54) is 23.0 Å². The Morgan fingerprint density at radius 2 is 2.06 bits per heavy atom. The zero-order chi connectivity index (χ0) is 11.7. The molecule has 0 unspecified atom stereocenters. The van der Waals surface area contributed by atoms with Gasteiger partial charge in [0.05, 0.1) is 0 Å². The Kier molecular flexibility index (Phi) is 3.13. The number of piperidine rings is 1. The average Bonchev–Trinajstić information content (AvgIpc) is 2.86. The second kappa shape index (κ2) is 4.75. The maximum atomic E-state index is 4.71. The zero-order valence-corrected chi connectivity index (χ0v) is 11.9. The van der Waals surface area contributed by atoms with Crippen molar-refractivity contribution in [1.29, 1.82) is 0 Å². The fourth-order valence-corrected chi connectivity index (χ4v) is 3.55. The van der Waals surface area contributed by atoms with Crippen LogP contribution in [0, 0.1) is 3.70 Å². The topological polar surface area (TPSA) is 57.7 Å². The van der Waals surface area contributed by atoms with Gasteiger partial charge < -0.3 is 0 Å². The van der Waals surface area contributed by atoms with Crippen LogP contribution in [0.5, 0.6) is 0 Å². The van der Waals surface area contributed by atoms with Gasteiger partial charge in [-0.3, -0.25) is 0 Å². The Labute approximate surface area is 110 Å². The molecule has 92 valence electrons. The maximum absolute atomic E-state index is 4.71. The number of rotatable bonds is 2. The molecule has 3 rings (SSSR count). The van der Waals surface area contributed by atoms with Crippen LogP contribution in [-0.4, -0.2) is 38.0 Å². The first kappa shape index (κ1) is 11.2. The molecule has 2 aromatic rings. The molecule has 3 heterocycles. The van der Waals surface area contributed by atoms with E-state index in [-0.39, 0.29) is 21.2 Å². The predicted octanol–water partition coefficient (Wildman–Crippen LogP) is -1.77. The second-order valence-corrected chi connectivity index (χ2v) is 6.25. The number of nitrogens with one attached hydrogen (secondary N) is 1. The van der Waals surface area contributed by atoms with Crippen LogP contribution in [0.4, 0.5) is 5.95 Å². The number of nitrogens with zero attached hydrogens (tertiary/aromatic N) is 4. The summed E-state index contributed by atoms with van der Waals surface area (Å²) in [5, 5.41) is 0. The SMILES string of the molecule is C[I-]c1nc(N2CCCCC2)nc2nc[nH]c12. The van der Waals surface area contributed by atoms with E-state index in [1.54, 1.807) is 6.33 Å². The van der Waals surface area contributed by atoms with E-state index in [9.17, 15) is 0 Å². The standard InChI is InChI=1S/C11H15IN5/c1-12-9-8-10(14-7-13-8)16-11(15-9)17-5-3-2-4-6-17/h7H,2-6H2,1H3,(H,13,14,15,16)/q-1. The van der Waals surface area contributed by atoms with E-state index >= 15 is 0 Å². The summed E-state index contributed by atoms with van der Waals surface area (Å²) >= 11 is -0.0551. The summed E-state index contributed by atoms with van der Waals surface area (Å²) in [5.41, 5.74) is 1.85. The number of hydrogen-bond acceptors (Lipinski definition) is 4. The van der Waals surface area contributed by atoms with Crippen molar-refractivity contribution in [3.8, 4) is 0 Å². The molecule has 0 amide bonds. The Morgan fingerprint density at radius 1 is 1.24 bits per heavy atom. The van der Waals surface area contributed by atoms with Crippen molar-refractivity contribution < 1.29 is 21.2 Å². The quantitative estimate of drug-likeness (QED) is 0.398. The molecule has 0 aliphatic carbocycles. The van der Waals surface area contributed by atoms with Crippen molar-refractivity contribution >= 4 is 17.1 Å². The summed E-state index contributed by atoms with van der Waals surface area (Å²) in [6.07, 6.45) is 5.54. The monoisotopic (exact) mass is 344 g/mol. The number of aromatic amines is 1. The van der Waals surface area contributed by atoms with Gasteiger partial charge >= 0.3 is 110 Å². The van der Waals surface area contributed by atoms with Gasteiger partial charge in [0.1, 0.15) is 0 Å². The fraction of sp³-hybridized carbons (Fsp3) is 0.545. The third-order valence-electron chi connectivity index (χ3n) is 3.05. The number of imidazole rings is 1. The first-order valence-electron chi connectivity index (χ1n) is 5.84. The van der Waals surface area contributed by atoms with Crippen molar-refractivity contribution in [2.45, 2.75) is 19.3 Å². The van der Waals surface area contributed by atoms with E-state index in [2.05, 4.69) is 24.8 Å². The molecule has 0 radical (unpaired) electrons. The second-order valence-electron chi connectivity index (χ2n) is 4.15. The number of alkyl halides is 1. The molecule has 6 heteroatoms. The molecule has 1 aliphatic heterocycles. The predicted molar refractivity (Wildman–Crippen MR) is 62.4 cm³/mol. The summed E-state index contributed by atoms with van der Waals surface area (Å²) in [7, 11) is 0. The number of fused-ring (bicyclic) bond motifs is 1. The van der Waals surface area contributed by atoms with E-state index < -0.39 is 0 Å². The van der Waals surface area contributed by atoms with Crippen LogP contribution in [0.25, 0.3) is 11.2 Å². The van der Waals surface area contributed by atoms with Crippen LogP contribution in [0.1, 0.15) is 19.3 Å². The molecule has 1 saturated heterocycles. The number of halogens is 1. The Hall–Kier alpha value is -0.920. The van der Waals surface area contributed by atoms with E-state index in [4.69, 9.17) is 4.98 Å². The van der Waals surface area contributed by atoms with Gasteiger partial charge in [0.25, 0.3) is 0 Å². The molecule has 1 fully saturated rings. The third-order valence-corrected chi connectivity index (χ3v) is 4.85. The number of H-pyrrole nitrogens is 1.